The van der Waals surface area contributed by atoms with Crippen LogP contribution in [0.3, 0.4) is 0 Å². The summed E-state index contributed by atoms with van der Waals surface area (Å²) in [6.45, 7) is 3.55. The van der Waals surface area contributed by atoms with Gasteiger partial charge in [0, 0.05) is 33.7 Å². The number of halogens is 2. The number of hydrogen-bond donors (Lipinski definition) is 1. The topological polar surface area (TPSA) is 21.3 Å². The molecule has 0 bridgehead atoms. The van der Waals surface area contributed by atoms with E-state index in [1.54, 1.807) is 0 Å². The molecule has 1 heterocycles. The van der Waals surface area contributed by atoms with Crippen molar-refractivity contribution in [2.45, 2.75) is 19.9 Å². The van der Waals surface area contributed by atoms with Gasteiger partial charge in [0.25, 0.3) is 0 Å². The number of hydrogen-bond acceptors (Lipinski definition) is 2. The van der Waals surface area contributed by atoms with Gasteiger partial charge in [-0.3, -0.25) is 0 Å². The zero-order chi connectivity index (χ0) is 14.1. The minimum Gasteiger partial charge on any atom is -0.493 e. The molecule has 0 unspecified atom stereocenters. The van der Waals surface area contributed by atoms with Gasteiger partial charge in [-0.2, -0.15) is 0 Å². The molecule has 1 aliphatic heterocycles. The average molecular weight is 353 g/mol. The summed E-state index contributed by atoms with van der Waals surface area (Å²) in [5, 5.41) is 4.23. The number of fused-ring (bicyclic) bond motifs is 1. The van der Waals surface area contributed by atoms with Gasteiger partial charge in [0.15, 0.2) is 0 Å². The number of anilines is 1. The molecule has 20 heavy (non-hydrogen) atoms. The largest absolute Gasteiger partial charge is 0.493 e. The van der Waals surface area contributed by atoms with Crippen molar-refractivity contribution < 1.29 is 4.74 Å². The highest BCUT2D eigenvalue weighted by Crippen LogP contribution is 2.33. The van der Waals surface area contributed by atoms with Crippen LogP contribution in [0.4, 0.5) is 5.69 Å². The molecule has 0 radical (unpaired) electrons. The molecule has 0 spiro atoms. The van der Waals surface area contributed by atoms with Crippen LogP contribution >= 0.6 is 27.5 Å². The van der Waals surface area contributed by atoms with Gasteiger partial charge in [-0.25, -0.2) is 0 Å². The molecule has 0 aliphatic carbocycles. The van der Waals surface area contributed by atoms with Gasteiger partial charge < -0.3 is 10.1 Å². The first-order valence-electron chi connectivity index (χ1n) is 6.57. The predicted octanol–water partition coefficient (Wildman–Crippen LogP) is 4.96. The second kappa shape index (κ2) is 5.66. The molecule has 0 saturated heterocycles. The lowest BCUT2D eigenvalue weighted by Gasteiger charge is -2.13. The molecule has 1 N–H and O–H groups in total. The summed E-state index contributed by atoms with van der Waals surface area (Å²) in [5.74, 6) is 0.995. The Morgan fingerprint density at radius 3 is 3.00 bits per heavy atom. The lowest BCUT2D eigenvalue weighted by atomic mass is 10.1. The average Bonchev–Trinajstić information content (AvgIpc) is 2.87. The van der Waals surface area contributed by atoms with E-state index in [0.717, 1.165) is 39.5 Å². The Morgan fingerprint density at radius 2 is 2.15 bits per heavy atom. The van der Waals surface area contributed by atoms with Crippen LogP contribution in [0.5, 0.6) is 5.75 Å². The van der Waals surface area contributed by atoms with Gasteiger partial charge >= 0.3 is 0 Å². The van der Waals surface area contributed by atoms with E-state index < -0.39 is 0 Å². The molecular weight excluding hydrogens is 338 g/mol. The Bertz CT molecular complexity index is 657. The van der Waals surface area contributed by atoms with Crippen LogP contribution in [0, 0.1) is 6.92 Å². The predicted molar refractivity (Wildman–Crippen MR) is 86.9 cm³/mol. The van der Waals surface area contributed by atoms with Gasteiger partial charge in [-0.05, 0) is 42.3 Å². The molecule has 3 rings (SSSR count). The lowest BCUT2D eigenvalue weighted by Crippen LogP contribution is -2.03. The molecular formula is C16H15BrClNO. The van der Waals surface area contributed by atoms with Crippen LogP contribution in [0.15, 0.2) is 34.8 Å². The second-order valence-electron chi connectivity index (χ2n) is 4.96. The van der Waals surface area contributed by atoms with E-state index in [4.69, 9.17) is 16.3 Å². The van der Waals surface area contributed by atoms with Crippen molar-refractivity contribution in [1.29, 1.82) is 0 Å². The summed E-state index contributed by atoms with van der Waals surface area (Å²) >= 11 is 9.67. The zero-order valence-electron chi connectivity index (χ0n) is 11.2. The maximum atomic E-state index is 6.18. The Kier molecular flexibility index (Phi) is 3.90. The molecule has 0 atom stereocenters. The minimum atomic E-state index is 0.709. The summed E-state index contributed by atoms with van der Waals surface area (Å²) in [7, 11) is 0. The van der Waals surface area contributed by atoms with E-state index in [1.807, 2.05) is 18.2 Å². The fraction of sp³-hybridized carbons (Fsp3) is 0.250. The van der Waals surface area contributed by atoms with Crippen LogP contribution < -0.4 is 10.1 Å². The van der Waals surface area contributed by atoms with Crippen molar-refractivity contribution in [2.75, 3.05) is 11.9 Å². The van der Waals surface area contributed by atoms with Gasteiger partial charge in [-0.15, -0.1) is 0 Å². The van der Waals surface area contributed by atoms with Crippen LogP contribution in [0.2, 0.25) is 5.02 Å². The quantitative estimate of drug-likeness (QED) is 0.843. The van der Waals surface area contributed by atoms with E-state index in [1.165, 1.54) is 11.1 Å². The first-order valence-corrected chi connectivity index (χ1v) is 7.75. The minimum absolute atomic E-state index is 0.709. The van der Waals surface area contributed by atoms with Crippen LogP contribution in [-0.2, 0) is 13.0 Å². The number of nitrogens with one attached hydrogen (secondary N) is 1. The summed E-state index contributed by atoms with van der Waals surface area (Å²) in [5.41, 5.74) is 4.66. The standard InChI is InChI=1S/C16H15BrClNO/c1-10-2-3-13(17)8-15(10)19-9-12-7-14(18)6-11-4-5-20-16(11)12/h2-3,6-8,19H,4-5,9H2,1H3. The van der Waals surface area contributed by atoms with E-state index in [0.29, 0.717) is 6.54 Å². The number of aryl methyl sites for hydroxylation is 1. The zero-order valence-corrected chi connectivity index (χ0v) is 13.5. The number of benzene rings is 2. The molecule has 0 aromatic heterocycles. The maximum Gasteiger partial charge on any atom is 0.127 e. The maximum absolute atomic E-state index is 6.18. The second-order valence-corrected chi connectivity index (χ2v) is 6.32. The highest BCUT2D eigenvalue weighted by Gasteiger charge is 2.17. The van der Waals surface area contributed by atoms with Crippen LogP contribution in [0.1, 0.15) is 16.7 Å². The van der Waals surface area contributed by atoms with Crippen molar-refractivity contribution in [3.63, 3.8) is 0 Å². The van der Waals surface area contributed by atoms with Gasteiger partial charge in [0.2, 0.25) is 0 Å². The molecule has 2 nitrogen and oxygen atoms in total. The summed E-state index contributed by atoms with van der Waals surface area (Å²) < 4.78 is 6.79. The van der Waals surface area contributed by atoms with E-state index >= 15 is 0 Å². The molecule has 0 saturated carbocycles. The normalized spacial score (nSPS) is 12.9. The van der Waals surface area contributed by atoms with Crippen molar-refractivity contribution in [1.82, 2.24) is 0 Å². The Morgan fingerprint density at radius 1 is 1.30 bits per heavy atom. The monoisotopic (exact) mass is 351 g/mol. The van der Waals surface area contributed by atoms with Crippen molar-refractivity contribution in [3.8, 4) is 5.75 Å². The first-order chi connectivity index (χ1) is 9.63. The Balaban J connectivity index is 1.84. The van der Waals surface area contributed by atoms with Gasteiger partial charge in [0.05, 0.1) is 6.61 Å². The van der Waals surface area contributed by atoms with Crippen molar-refractivity contribution in [3.05, 3.63) is 56.5 Å². The molecule has 0 amide bonds. The van der Waals surface area contributed by atoms with Crippen LogP contribution in [0.25, 0.3) is 0 Å². The molecule has 104 valence electrons. The Hall–Kier alpha value is -1.19. The highest BCUT2D eigenvalue weighted by atomic mass is 79.9. The van der Waals surface area contributed by atoms with E-state index in [2.05, 4.69) is 40.3 Å². The fourth-order valence-corrected chi connectivity index (χ4v) is 3.08. The van der Waals surface area contributed by atoms with E-state index in [9.17, 15) is 0 Å². The molecule has 2 aromatic rings. The first kappa shape index (κ1) is 13.8. The van der Waals surface area contributed by atoms with Crippen molar-refractivity contribution >= 4 is 33.2 Å². The highest BCUT2D eigenvalue weighted by molar-refractivity contribution is 9.10. The summed E-state index contributed by atoms with van der Waals surface area (Å²) in [4.78, 5) is 0. The van der Waals surface area contributed by atoms with Crippen molar-refractivity contribution in [2.24, 2.45) is 0 Å². The smallest absolute Gasteiger partial charge is 0.127 e. The molecule has 4 heteroatoms. The third-order valence-electron chi connectivity index (χ3n) is 3.49. The third-order valence-corrected chi connectivity index (χ3v) is 4.21. The lowest BCUT2D eigenvalue weighted by molar-refractivity contribution is 0.354. The third kappa shape index (κ3) is 2.79. The van der Waals surface area contributed by atoms with Gasteiger partial charge in [0.1, 0.15) is 5.75 Å². The molecule has 0 fully saturated rings. The summed E-state index contributed by atoms with van der Waals surface area (Å²) in [6.07, 6.45) is 0.943. The van der Waals surface area contributed by atoms with E-state index in [-0.39, 0.29) is 0 Å². The molecule has 2 aromatic carbocycles. The van der Waals surface area contributed by atoms with Gasteiger partial charge in [-0.1, -0.05) is 33.6 Å². The number of ether oxygens (including phenoxy) is 1. The summed E-state index contributed by atoms with van der Waals surface area (Å²) in [6, 6.07) is 10.2. The SMILES string of the molecule is Cc1ccc(Br)cc1NCc1cc(Cl)cc2c1OCC2. The van der Waals surface area contributed by atoms with Crippen LogP contribution in [-0.4, -0.2) is 6.61 Å². The fourth-order valence-electron chi connectivity index (χ4n) is 2.45. The number of rotatable bonds is 3. The Labute approximate surface area is 132 Å². The molecule has 1 aliphatic rings.